The van der Waals surface area contributed by atoms with E-state index >= 15 is 0 Å². The fourth-order valence-corrected chi connectivity index (χ4v) is 4.24. The molecular weight excluding hydrogens is 557 g/mol. The predicted octanol–water partition coefficient (Wildman–Crippen LogP) is 4.87. The van der Waals surface area contributed by atoms with Crippen LogP contribution < -0.4 is 30.3 Å². The Labute approximate surface area is 240 Å². The topological polar surface area (TPSA) is 128 Å². The van der Waals surface area contributed by atoms with E-state index in [1.807, 2.05) is 17.9 Å². The van der Waals surface area contributed by atoms with Gasteiger partial charge in [-0.25, -0.2) is 14.6 Å². The summed E-state index contributed by atoms with van der Waals surface area (Å²) >= 11 is 0. The Bertz CT molecular complexity index is 1360. The van der Waals surface area contributed by atoms with Crippen LogP contribution in [0.15, 0.2) is 60.8 Å². The molecule has 2 aromatic carbocycles. The summed E-state index contributed by atoms with van der Waals surface area (Å²) in [5.41, 5.74) is -0.435. The number of benzene rings is 2. The number of urea groups is 2. The zero-order chi connectivity index (χ0) is 30.1. The van der Waals surface area contributed by atoms with E-state index in [1.165, 1.54) is 17.2 Å². The summed E-state index contributed by atoms with van der Waals surface area (Å²) in [6.07, 6.45) is -3.21. The highest BCUT2D eigenvalue weighted by atomic mass is 19.4. The first kappa shape index (κ1) is 30.2. The van der Waals surface area contributed by atoms with Gasteiger partial charge in [-0.3, -0.25) is 0 Å². The van der Waals surface area contributed by atoms with E-state index in [-0.39, 0.29) is 37.7 Å². The molecule has 0 radical (unpaired) electrons. The maximum Gasteiger partial charge on any atom is 0.418 e. The number of halogens is 3. The molecule has 11 nitrogen and oxygen atoms in total. The first-order valence-electron chi connectivity index (χ1n) is 13.2. The Morgan fingerprint density at radius 3 is 2.38 bits per heavy atom. The van der Waals surface area contributed by atoms with Crippen molar-refractivity contribution >= 4 is 34.9 Å². The molecule has 1 fully saturated rings. The molecular formula is C28H31F3N6O5. The van der Waals surface area contributed by atoms with Crippen LogP contribution in [0, 0.1) is 0 Å². The van der Waals surface area contributed by atoms with E-state index in [2.05, 4.69) is 20.9 Å². The first-order valence-corrected chi connectivity index (χ1v) is 13.2. The van der Waals surface area contributed by atoms with Crippen molar-refractivity contribution in [2.45, 2.75) is 13.1 Å². The Morgan fingerprint density at radius 2 is 1.71 bits per heavy atom. The quantitative estimate of drug-likeness (QED) is 0.281. The average Bonchev–Trinajstić information content (AvgIpc) is 2.97. The minimum absolute atomic E-state index is 0.0655. The molecule has 1 aliphatic heterocycles. The van der Waals surface area contributed by atoms with Gasteiger partial charge in [0.25, 0.3) is 0 Å². The van der Waals surface area contributed by atoms with Crippen molar-refractivity contribution in [3.63, 3.8) is 0 Å². The Balaban J connectivity index is 1.30. The normalized spacial score (nSPS) is 13.4. The average molecular weight is 589 g/mol. The number of aromatic nitrogens is 1. The Hall–Kier alpha value is -4.72. The van der Waals surface area contributed by atoms with Crippen LogP contribution in [0.1, 0.15) is 12.5 Å². The molecule has 1 saturated heterocycles. The van der Waals surface area contributed by atoms with Crippen LogP contribution in [0.25, 0.3) is 0 Å². The van der Waals surface area contributed by atoms with Gasteiger partial charge in [-0.05, 0) is 49.4 Å². The number of anilines is 4. The number of ether oxygens (including phenoxy) is 2. The highest BCUT2D eigenvalue weighted by Crippen LogP contribution is 2.37. The van der Waals surface area contributed by atoms with Crippen LogP contribution in [-0.4, -0.2) is 73.1 Å². The number of hydrogen-bond donors (Lipinski definition) is 4. The van der Waals surface area contributed by atoms with Gasteiger partial charge >= 0.3 is 18.2 Å². The SMILES string of the molecule is CCOc1ccccc1NC(=O)Nc1ccc(N2CCN(C(=O)Nc3ccc(OCCO)cc3C(F)(F)F)CC2)nc1. The lowest BCUT2D eigenvalue weighted by molar-refractivity contribution is -0.137. The van der Waals surface area contributed by atoms with Crippen LogP contribution in [0.3, 0.4) is 0 Å². The van der Waals surface area contributed by atoms with Crippen molar-refractivity contribution in [2.24, 2.45) is 0 Å². The van der Waals surface area contributed by atoms with E-state index < -0.39 is 23.8 Å². The maximum atomic E-state index is 13.6. The molecule has 4 rings (SSSR count). The predicted molar refractivity (Wildman–Crippen MR) is 151 cm³/mol. The van der Waals surface area contributed by atoms with Gasteiger partial charge in [-0.15, -0.1) is 0 Å². The molecule has 0 atom stereocenters. The standard InChI is InChI=1S/C28H31F3N6O5/c1-2-41-24-6-4-3-5-23(24)34-26(39)33-19-7-10-25(32-18-19)36-11-13-37(14-12-36)27(40)35-22-9-8-20(42-16-15-38)17-21(22)28(29,30)31/h3-10,17-18,38H,2,11-16H2,1H3,(H,35,40)(H2,33,34,39). The fraction of sp³-hybridized carbons (Fsp3) is 0.321. The third-order valence-electron chi connectivity index (χ3n) is 6.23. The van der Waals surface area contributed by atoms with Crippen molar-refractivity contribution < 1.29 is 37.3 Å². The number of alkyl halides is 3. The molecule has 2 heterocycles. The molecule has 1 aromatic heterocycles. The number of carbonyl (C=O) groups excluding carboxylic acids is 2. The number of rotatable bonds is 9. The van der Waals surface area contributed by atoms with Crippen molar-refractivity contribution in [1.82, 2.24) is 9.88 Å². The largest absolute Gasteiger partial charge is 0.492 e. The van der Waals surface area contributed by atoms with E-state index in [1.54, 1.807) is 30.3 Å². The molecule has 4 N–H and O–H groups in total. The molecule has 224 valence electrons. The van der Waals surface area contributed by atoms with Gasteiger partial charge in [0.05, 0.1) is 42.0 Å². The van der Waals surface area contributed by atoms with Gasteiger partial charge in [0, 0.05) is 26.2 Å². The van der Waals surface area contributed by atoms with Crippen molar-refractivity contribution in [1.29, 1.82) is 0 Å². The van der Waals surface area contributed by atoms with Gasteiger partial charge in [-0.1, -0.05) is 12.1 Å². The smallest absolute Gasteiger partial charge is 0.418 e. The third kappa shape index (κ3) is 7.94. The summed E-state index contributed by atoms with van der Waals surface area (Å²) in [6.45, 7) is 3.14. The summed E-state index contributed by atoms with van der Waals surface area (Å²) in [5, 5.41) is 16.6. The molecule has 0 saturated carbocycles. The van der Waals surface area contributed by atoms with Crippen LogP contribution in [0.2, 0.25) is 0 Å². The summed E-state index contributed by atoms with van der Waals surface area (Å²) in [5.74, 6) is 1.11. The van der Waals surface area contributed by atoms with Crippen molar-refractivity contribution in [3.05, 3.63) is 66.4 Å². The summed E-state index contributed by atoms with van der Waals surface area (Å²) in [6, 6.07) is 12.6. The molecule has 0 unspecified atom stereocenters. The van der Waals surface area contributed by atoms with Crippen LogP contribution in [0.4, 0.5) is 45.6 Å². The van der Waals surface area contributed by atoms with Crippen molar-refractivity contribution in [2.75, 3.05) is 66.8 Å². The minimum Gasteiger partial charge on any atom is -0.492 e. The van der Waals surface area contributed by atoms with E-state index in [4.69, 9.17) is 14.6 Å². The molecule has 3 aromatic rings. The highest BCUT2D eigenvalue weighted by Gasteiger charge is 2.35. The molecule has 4 amide bonds. The summed E-state index contributed by atoms with van der Waals surface area (Å²) in [7, 11) is 0. The van der Waals surface area contributed by atoms with Crippen LogP contribution in [0.5, 0.6) is 11.5 Å². The number of para-hydroxylation sites is 2. The second-order valence-electron chi connectivity index (χ2n) is 9.09. The summed E-state index contributed by atoms with van der Waals surface area (Å²) in [4.78, 5) is 33.0. The number of aliphatic hydroxyl groups excluding tert-OH is 1. The second-order valence-corrected chi connectivity index (χ2v) is 9.09. The molecule has 0 spiro atoms. The van der Waals surface area contributed by atoms with E-state index in [0.29, 0.717) is 42.6 Å². The number of hydrogen-bond acceptors (Lipinski definition) is 7. The number of pyridine rings is 1. The van der Waals surface area contributed by atoms with Crippen LogP contribution in [-0.2, 0) is 6.18 Å². The van der Waals surface area contributed by atoms with Gasteiger partial charge in [-0.2, -0.15) is 13.2 Å². The number of piperazine rings is 1. The zero-order valence-electron chi connectivity index (χ0n) is 22.8. The zero-order valence-corrected chi connectivity index (χ0v) is 22.8. The first-order chi connectivity index (χ1) is 20.2. The number of nitrogens with one attached hydrogen (secondary N) is 3. The van der Waals surface area contributed by atoms with Gasteiger partial charge < -0.3 is 40.3 Å². The molecule has 0 bridgehead atoms. The number of nitrogens with zero attached hydrogens (tertiary/aromatic N) is 3. The fourth-order valence-electron chi connectivity index (χ4n) is 4.24. The highest BCUT2D eigenvalue weighted by molar-refractivity contribution is 6.00. The second kappa shape index (κ2) is 13.8. The lowest BCUT2D eigenvalue weighted by atomic mass is 10.1. The van der Waals surface area contributed by atoms with Gasteiger partial charge in [0.1, 0.15) is 23.9 Å². The molecule has 42 heavy (non-hydrogen) atoms. The van der Waals surface area contributed by atoms with E-state index in [9.17, 15) is 22.8 Å². The molecule has 14 heteroatoms. The molecule has 0 aliphatic carbocycles. The lowest BCUT2D eigenvalue weighted by Crippen LogP contribution is -2.50. The monoisotopic (exact) mass is 588 g/mol. The summed E-state index contributed by atoms with van der Waals surface area (Å²) < 4.78 is 51.4. The number of amides is 4. The lowest BCUT2D eigenvalue weighted by Gasteiger charge is -2.35. The maximum absolute atomic E-state index is 13.6. The third-order valence-corrected chi connectivity index (χ3v) is 6.23. The van der Waals surface area contributed by atoms with E-state index in [0.717, 1.165) is 12.1 Å². The van der Waals surface area contributed by atoms with Crippen LogP contribution >= 0.6 is 0 Å². The number of carbonyl (C=O) groups is 2. The Kier molecular flexibility index (Phi) is 9.91. The number of aliphatic hydroxyl groups is 1. The molecule has 1 aliphatic rings. The minimum atomic E-state index is -4.72. The van der Waals surface area contributed by atoms with Crippen molar-refractivity contribution in [3.8, 4) is 11.5 Å². The van der Waals surface area contributed by atoms with Gasteiger partial charge in [0.2, 0.25) is 0 Å². The van der Waals surface area contributed by atoms with Gasteiger partial charge in [0.15, 0.2) is 0 Å². The Morgan fingerprint density at radius 1 is 0.952 bits per heavy atom.